The van der Waals surface area contributed by atoms with Crippen molar-refractivity contribution in [2.24, 2.45) is 5.73 Å². The molecule has 1 atom stereocenters. The molecule has 0 aliphatic heterocycles. The third-order valence-corrected chi connectivity index (χ3v) is 1.42. The summed E-state index contributed by atoms with van der Waals surface area (Å²) in [6.45, 7) is -0.398. The minimum absolute atomic E-state index is 0.394. The molecule has 74 valence electrons. The smallest absolute Gasteiger partial charge is 0.449 e. The summed E-state index contributed by atoms with van der Waals surface area (Å²) in [5.74, 6) is -1.60. The number of furan rings is 1. The van der Waals surface area contributed by atoms with E-state index in [9.17, 15) is 17.6 Å². The third-order valence-electron chi connectivity index (χ3n) is 1.42. The summed E-state index contributed by atoms with van der Waals surface area (Å²) < 4.78 is 52.7. The summed E-state index contributed by atoms with van der Waals surface area (Å²) in [6.07, 6.45) is -6.26. The van der Waals surface area contributed by atoms with Crippen LogP contribution < -0.4 is 5.73 Å². The van der Waals surface area contributed by atoms with Gasteiger partial charge in [-0.25, -0.2) is 4.39 Å². The average molecular weight is 197 g/mol. The van der Waals surface area contributed by atoms with Gasteiger partial charge in [-0.1, -0.05) is 0 Å². The van der Waals surface area contributed by atoms with E-state index in [2.05, 4.69) is 4.42 Å². The molecule has 2 N–H and O–H groups in total. The van der Waals surface area contributed by atoms with E-state index in [0.29, 0.717) is 6.07 Å². The second-order valence-electron chi connectivity index (χ2n) is 2.40. The van der Waals surface area contributed by atoms with E-state index in [0.717, 1.165) is 6.07 Å². The number of rotatable bonds is 2. The molecule has 6 heteroatoms. The Morgan fingerprint density at radius 3 is 2.38 bits per heavy atom. The molecular formula is C7H7F4NO. The molecule has 2 nitrogen and oxygen atoms in total. The van der Waals surface area contributed by atoms with Gasteiger partial charge in [-0.3, -0.25) is 0 Å². The minimum Gasteiger partial charge on any atom is -0.453 e. The molecule has 0 amide bonds. The zero-order chi connectivity index (χ0) is 10.1. The second-order valence-corrected chi connectivity index (χ2v) is 2.40. The molecule has 1 heterocycles. The predicted octanol–water partition coefficient (Wildman–Crippen LogP) is 2.27. The topological polar surface area (TPSA) is 39.2 Å². The maximum atomic E-state index is 12.7. The van der Waals surface area contributed by atoms with Crippen molar-refractivity contribution in [1.29, 1.82) is 0 Å². The maximum Gasteiger partial charge on any atom is 0.449 e. The fraction of sp³-hybridized carbons (Fsp3) is 0.429. The Kier molecular flexibility index (Phi) is 2.60. The molecule has 0 aliphatic carbocycles. The van der Waals surface area contributed by atoms with Crippen LogP contribution in [0.25, 0.3) is 0 Å². The molecule has 1 aromatic rings. The quantitative estimate of drug-likeness (QED) is 0.738. The van der Waals surface area contributed by atoms with E-state index in [4.69, 9.17) is 5.73 Å². The number of hydrogen-bond donors (Lipinski definition) is 1. The minimum atomic E-state index is -4.58. The van der Waals surface area contributed by atoms with Crippen molar-refractivity contribution in [1.82, 2.24) is 0 Å². The summed E-state index contributed by atoms with van der Waals surface area (Å²) in [6, 6.07) is 1.61. The van der Waals surface area contributed by atoms with Crippen molar-refractivity contribution in [2.45, 2.75) is 12.3 Å². The van der Waals surface area contributed by atoms with Crippen molar-refractivity contribution in [2.75, 3.05) is 6.54 Å². The first-order valence-corrected chi connectivity index (χ1v) is 3.46. The molecule has 1 aromatic heterocycles. The van der Waals surface area contributed by atoms with E-state index < -0.39 is 30.4 Å². The van der Waals surface area contributed by atoms with Gasteiger partial charge in [0.2, 0.25) is 5.76 Å². The monoisotopic (exact) mass is 197 g/mol. The van der Waals surface area contributed by atoms with Crippen molar-refractivity contribution in [3.8, 4) is 0 Å². The number of nitrogens with two attached hydrogens (primary N) is 1. The Balaban J connectivity index is 2.87. The molecule has 0 bridgehead atoms. The van der Waals surface area contributed by atoms with E-state index >= 15 is 0 Å². The third kappa shape index (κ3) is 2.21. The lowest BCUT2D eigenvalue weighted by molar-refractivity contribution is -0.153. The summed E-state index contributed by atoms with van der Waals surface area (Å²) in [4.78, 5) is 0. The van der Waals surface area contributed by atoms with E-state index in [1.54, 1.807) is 0 Å². The van der Waals surface area contributed by atoms with Crippen molar-refractivity contribution in [3.63, 3.8) is 0 Å². The maximum absolute atomic E-state index is 12.7. The van der Waals surface area contributed by atoms with Gasteiger partial charge in [-0.15, -0.1) is 0 Å². The molecule has 0 fully saturated rings. The highest BCUT2D eigenvalue weighted by Crippen LogP contribution is 2.32. The highest BCUT2D eigenvalue weighted by Gasteiger charge is 2.35. The fourth-order valence-corrected chi connectivity index (χ4v) is 0.790. The standard InChI is InChI=1S/C7H7F4NO/c8-4(3-12)5-1-2-6(13-5)7(9,10)11/h1-2,4H,3,12H2. The molecule has 0 aromatic carbocycles. The lowest BCUT2D eigenvalue weighted by Gasteiger charge is -2.02. The highest BCUT2D eigenvalue weighted by atomic mass is 19.4. The fourth-order valence-electron chi connectivity index (χ4n) is 0.790. The van der Waals surface area contributed by atoms with Gasteiger partial charge in [0.1, 0.15) is 5.76 Å². The van der Waals surface area contributed by atoms with Crippen LogP contribution >= 0.6 is 0 Å². The average Bonchev–Trinajstić information content (AvgIpc) is 2.50. The van der Waals surface area contributed by atoms with Gasteiger partial charge in [0.05, 0.1) is 0 Å². The molecule has 0 saturated heterocycles. The van der Waals surface area contributed by atoms with Crippen LogP contribution in [0, 0.1) is 0 Å². The summed E-state index contributed by atoms with van der Waals surface area (Å²) in [5, 5.41) is 0. The normalized spacial score (nSPS) is 14.5. The first kappa shape index (κ1) is 10.0. The van der Waals surface area contributed by atoms with Crippen molar-refractivity contribution < 1.29 is 22.0 Å². The summed E-state index contributed by atoms with van der Waals surface area (Å²) >= 11 is 0. The number of hydrogen-bond acceptors (Lipinski definition) is 2. The van der Waals surface area contributed by atoms with Gasteiger partial charge < -0.3 is 10.2 Å². The second kappa shape index (κ2) is 3.37. The van der Waals surface area contributed by atoms with Gasteiger partial charge in [0, 0.05) is 6.54 Å². The Bertz CT molecular complexity index is 280. The number of halogens is 4. The molecule has 1 unspecified atom stereocenters. The van der Waals surface area contributed by atoms with Gasteiger partial charge in [0.15, 0.2) is 6.17 Å². The van der Waals surface area contributed by atoms with E-state index in [-0.39, 0.29) is 0 Å². The molecule has 0 radical (unpaired) electrons. The molecule has 0 aliphatic rings. The number of alkyl halides is 4. The predicted molar refractivity (Wildman–Crippen MR) is 36.6 cm³/mol. The molecular weight excluding hydrogens is 190 g/mol. The van der Waals surface area contributed by atoms with Gasteiger partial charge in [0.25, 0.3) is 0 Å². The van der Waals surface area contributed by atoms with Crippen LogP contribution in [0.5, 0.6) is 0 Å². The lowest BCUT2D eigenvalue weighted by Crippen LogP contribution is -2.07. The van der Waals surface area contributed by atoms with Crippen LogP contribution in [0.15, 0.2) is 16.5 Å². The summed E-state index contributed by atoms with van der Waals surface area (Å²) in [7, 11) is 0. The highest BCUT2D eigenvalue weighted by molar-refractivity contribution is 5.11. The van der Waals surface area contributed by atoms with Crippen LogP contribution in [-0.2, 0) is 6.18 Å². The Morgan fingerprint density at radius 1 is 1.38 bits per heavy atom. The summed E-state index contributed by atoms with van der Waals surface area (Å²) in [5.41, 5.74) is 4.91. The Morgan fingerprint density at radius 2 is 2.00 bits per heavy atom. The van der Waals surface area contributed by atoms with Crippen LogP contribution in [0.4, 0.5) is 17.6 Å². The van der Waals surface area contributed by atoms with Crippen molar-refractivity contribution >= 4 is 0 Å². The SMILES string of the molecule is NCC(F)c1ccc(C(F)(F)F)o1. The zero-order valence-electron chi connectivity index (χ0n) is 6.44. The van der Waals surface area contributed by atoms with Gasteiger partial charge in [-0.05, 0) is 12.1 Å². The molecule has 13 heavy (non-hydrogen) atoms. The van der Waals surface area contributed by atoms with Crippen LogP contribution in [0.3, 0.4) is 0 Å². The lowest BCUT2D eigenvalue weighted by atomic mass is 10.3. The first-order valence-electron chi connectivity index (χ1n) is 3.46. The molecule has 0 spiro atoms. The van der Waals surface area contributed by atoms with E-state index in [1.165, 1.54) is 0 Å². The largest absolute Gasteiger partial charge is 0.453 e. The van der Waals surface area contributed by atoms with Crippen molar-refractivity contribution in [3.05, 3.63) is 23.7 Å². The van der Waals surface area contributed by atoms with Crippen LogP contribution in [0.1, 0.15) is 17.7 Å². The zero-order valence-corrected chi connectivity index (χ0v) is 6.44. The molecule has 1 rings (SSSR count). The van der Waals surface area contributed by atoms with Gasteiger partial charge >= 0.3 is 6.18 Å². The van der Waals surface area contributed by atoms with Crippen LogP contribution in [-0.4, -0.2) is 6.54 Å². The Hall–Kier alpha value is -1.04. The first-order chi connectivity index (χ1) is 5.95. The van der Waals surface area contributed by atoms with Gasteiger partial charge in [-0.2, -0.15) is 13.2 Å². The Labute approximate surface area is 71.3 Å². The van der Waals surface area contributed by atoms with E-state index in [1.807, 2.05) is 0 Å². The molecule has 0 saturated carbocycles. The van der Waals surface area contributed by atoms with Crippen LogP contribution in [0.2, 0.25) is 0 Å².